The summed E-state index contributed by atoms with van der Waals surface area (Å²) in [6, 6.07) is 5.13. The van der Waals surface area contributed by atoms with Crippen molar-refractivity contribution in [2.75, 3.05) is 20.8 Å². The summed E-state index contributed by atoms with van der Waals surface area (Å²) in [5, 5.41) is 0. The first-order valence-corrected chi connectivity index (χ1v) is 10.7. The molecule has 1 saturated carbocycles. The van der Waals surface area contributed by atoms with Gasteiger partial charge in [-0.25, -0.2) is 0 Å². The van der Waals surface area contributed by atoms with E-state index < -0.39 is 0 Å². The Hall–Kier alpha value is -1.55. The zero-order chi connectivity index (χ0) is 19.0. The highest BCUT2D eigenvalue weighted by Gasteiger charge is 2.46. The standard InChI is InChI=1S/C23H33NO3/c1-4-5-8-15-14-24-19-10-7-6-9-16(19)17-11-22(26-2)23(27-3)12-18(17)20(24)13-21(15)25/h11-12,15-16,19-20H,4-10,13-14H2,1-3H3. The molecule has 2 fully saturated rings. The molecule has 0 N–H and O–H groups in total. The number of Topliss-reactive ketones (excluding diaryl/α,β-unsaturated/α-hetero) is 1. The number of carbonyl (C=O) groups is 1. The predicted molar refractivity (Wildman–Crippen MR) is 107 cm³/mol. The van der Waals surface area contributed by atoms with Crippen molar-refractivity contribution in [3.8, 4) is 11.5 Å². The molecule has 0 bridgehead atoms. The van der Waals surface area contributed by atoms with Gasteiger partial charge in [-0.2, -0.15) is 0 Å². The third-order valence-corrected chi connectivity index (χ3v) is 7.09. The molecule has 0 spiro atoms. The van der Waals surface area contributed by atoms with Crippen LogP contribution in [0.5, 0.6) is 11.5 Å². The quantitative estimate of drug-likeness (QED) is 0.740. The van der Waals surface area contributed by atoms with Crippen molar-refractivity contribution in [2.45, 2.75) is 76.3 Å². The zero-order valence-corrected chi connectivity index (χ0v) is 17.0. The second-order valence-electron chi connectivity index (χ2n) is 8.52. The maximum absolute atomic E-state index is 12.9. The number of ether oxygens (including phenoxy) is 2. The minimum absolute atomic E-state index is 0.213. The molecule has 0 amide bonds. The molecule has 27 heavy (non-hydrogen) atoms. The maximum atomic E-state index is 12.9. The third kappa shape index (κ3) is 3.26. The van der Waals surface area contributed by atoms with Gasteiger partial charge in [-0.05, 0) is 48.4 Å². The van der Waals surface area contributed by atoms with E-state index in [1.807, 2.05) is 0 Å². The number of nitrogens with zero attached hydrogens (tertiary/aromatic N) is 1. The van der Waals surface area contributed by atoms with E-state index in [0.29, 0.717) is 24.2 Å². The maximum Gasteiger partial charge on any atom is 0.161 e. The first-order chi connectivity index (χ1) is 13.2. The van der Waals surface area contributed by atoms with E-state index in [9.17, 15) is 4.79 Å². The van der Waals surface area contributed by atoms with E-state index in [4.69, 9.17) is 9.47 Å². The minimum Gasteiger partial charge on any atom is -0.493 e. The Morgan fingerprint density at radius 3 is 2.48 bits per heavy atom. The average molecular weight is 372 g/mol. The summed E-state index contributed by atoms with van der Waals surface area (Å²) in [4.78, 5) is 15.6. The molecular formula is C23H33NO3. The van der Waals surface area contributed by atoms with Crippen LogP contribution in [0.15, 0.2) is 12.1 Å². The van der Waals surface area contributed by atoms with Gasteiger partial charge >= 0.3 is 0 Å². The van der Waals surface area contributed by atoms with Gasteiger partial charge in [0, 0.05) is 31.0 Å². The lowest BCUT2D eigenvalue weighted by molar-refractivity contribution is -0.131. The molecule has 0 radical (unpaired) electrons. The fourth-order valence-electron chi connectivity index (χ4n) is 5.71. The Balaban J connectivity index is 1.74. The number of ketones is 1. The van der Waals surface area contributed by atoms with Crippen LogP contribution in [-0.2, 0) is 4.79 Å². The van der Waals surface area contributed by atoms with Crippen molar-refractivity contribution < 1.29 is 14.3 Å². The molecule has 4 heteroatoms. The number of hydrogen-bond acceptors (Lipinski definition) is 4. The Morgan fingerprint density at radius 1 is 1.07 bits per heavy atom. The lowest BCUT2D eigenvalue weighted by Crippen LogP contribution is -2.53. The second kappa shape index (κ2) is 7.83. The van der Waals surface area contributed by atoms with Gasteiger partial charge in [-0.1, -0.05) is 32.6 Å². The Kier molecular flexibility index (Phi) is 5.45. The van der Waals surface area contributed by atoms with Gasteiger partial charge in [-0.15, -0.1) is 0 Å². The van der Waals surface area contributed by atoms with Crippen LogP contribution >= 0.6 is 0 Å². The predicted octanol–water partition coefficient (Wildman–Crippen LogP) is 4.87. The van der Waals surface area contributed by atoms with Gasteiger partial charge in [0.1, 0.15) is 5.78 Å². The van der Waals surface area contributed by atoms with Crippen molar-refractivity contribution >= 4 is 5.78 Å². The van der Waals surface area contributed by atoms with Gasteiger partial charge in [0.05, 0.1) is 14.2 Å². The van der Waals surface area contributed by atoms with E-state index in [2.05, 4.69) is 24.0 Å². The number of unbranched alkanes of at least 4 members (excludes halogenated alkanes) is 1. The van der Waals surface area contributed by atoms with Crippen LogP contribution in [0, 0.1) is 5.92 Å². The van der Waals surface area contributed by atoms with Crippen LogP contribution < -0.4 is 9.47 Å². The highest BCUT2D eigenvalue weighted by molar-refractivity contribution is 5.83. The van der Waals surface area contributed by atoms with Crippen LogP contribution in [0.3, 0.4) is 0 Å². The zero-order valence-electron chi connectivity index (χ0n) is 17.0. The van der Waals surface area contributed by atoms with E-state index >= 15 is 0 Å². The number of methoxy groups -OCH3 is 2. The second-order valence-corrected chi connectivity index (χ2v) is 8.52. The van der Waals surface area contributed by atoms with E-state index in [1.54, 1.807) is 14.2 Å². The summed E-state index contributed by atoms with van der Waals surface area (Å²) in [5.41, 5.74) is 2.71. The lowest BCUT2D eigenvalue weighted by atomic mass is 9.69. The van der Waals surface area contributed by atoms with Crippen molar-refractivity contribution in [3.63, 3.8) is 0 Å². The molecule has 4 nitrogen and oxygen atoms in total. The van der Waals surface area contributed by atoms with Crippen molar-refractivity contribution in [3.05, 3.63) is 23.3 Å². The molecule has 0 aromatic heterocycles. The molecule has 1 saturated heterocycles. The molecule has 3 aliphatic rings. The number of hydrogen-bond donors (Lipinski definition) is 0. The summed E-state index contributed by atoms with van der Waals surface area (Å²) in [5.74, 6) is 2.85. The van der Waals surface area contributed by atoms with Crippen LogP contribution in [0.4, 0.5) is 0 Å². The van der Waals surface area contributed by atoms with Gasteiger partial charge in [0.15, 0.2) is 11.5 Å². The summed E-state index contributed by atoms with van der Waals surface area (Å²) in [6.45, 7) is 3.16. The molecule has 2 aliphatic heterocycles. The summed E-state index contributed by atoms with van der Waals surface area (Å²) >= 11 is 0. The highest BCUT2D eigenvalue weighted by atomic mass is 16.5. The smallest absolute Gasteiger partial charge is 0.161 e. The largest absolute Gasteiger partial charge is 0.493 e. The molecule has 4 unspecified atom stereocenters. The number of carbonyl (C=O) groups excluding carboxylic acids is 1. The monoisotopic (exact) mass is 371 g/mol. The first kappa shape index (κ1) is 18.8. The summed E-state index contributed by atoms with van der Waals surface area (Å²) in [6.07, 6.45) is 9.12. The molecule has 148 valence electrons. The highest BCUT2D eigenvalue weighted by Crippen LogP contribution is 2.52. The molecule has 1 aromatic rings. The Labute approximate surface area is 163 Å². The van der Waals surface area contributed by atoms with Gasteiger partial charge < -0.3 is 9.47 Å². The number of benzene rings is 1. The van der Waals surface area contributed by atoms with Gasteiger partial charge in [-0.3, -0.25) is 9.69 Å². The van der Waals surface area contributed by atoms with Crippen molar-refractivity contribution in [1.29, 1.82) is 0 Å². The van der Waals surface area contributed by atoms with Gasteiger partial charge in [0.25, 0.3) is 0 Å². The normalized spacial score (nSPS) is 30.3. The molecular weight excluding hydrogens is 338 g/mol. The van der Waals surface area contributed by atoms with Crippen LogP contribution in [0.2, 0.25) is 0 Å². The first-order valence-electron chi connectivity index (χ1n) is 10.7. The fourth-order valence-corrected chi connectivity index (χ4v) is 5.71. The fraction of sp³-hybridized carbons (Fsp3) is 0.696. The SMILES string of the molecule is CCCCC1CN2C(CC1=O)c1cc(OC)c(OC)cc1C1CCCCC12. The molecule has 2 heterocycles. The van der Waals surface area contributed by atoms with Crippen molar-refractivity contribution in [2.24, 2.45) is 5.92 Å². The average Bonchev–Trinajstić information content (AvgIpc) is 2.71. The number of fused-ring (bicyclic) bond motifs is 6. The summed E-state index contributed by atoms with van der Waals surface area (Å²) in [7, 11) is 3.40. The molecule has 1 aromatic carbocycles. The van der Waals surface area contributed by atoms with Crippen LogP contribution in [0.25, 0.3) is 0 Å². The van der Waals surface area contributed by atoms with E-state index in [-0.39, 0.29) is 12.0 Å². The number of piperidine rings is 1. The van der Waals surface area contributed by atoms with Crippen LogP contribution in [-0.4, -0.2) is 37.5 Å². The molecule has 1 aliphatic carbocycles. The Bertz CT molecular complexity index is 701. The van der Waals surface area contributed by atoms with Crippen LogP contribution in [0.1, 0.15) is 81.4 Å². The third-order valence-electron chi connectivity index (χ3n) is 7.09. The number of rotatable bonds is 5. The lowest BCUT2D eigenvalue weighted by Gasteiger charge is -2.52. The Morgan fingerprint density at radius 2 is 1.78 bits per heavy atom. The molecule has 4 rings (SSSR count). The van der Waals surface area contributed by atoms with E-state index in [1.165, 1.54) is 43.2 Å². The topological polar surface area (TPSA) is 38.8 Å². The van der Waals surface area contributed by atoms with Gasteiger partial charge in [0.2, 0.25) is 0 Å². The summed E-state index contributed by atoms with van der Waals surface area (Å²) < 4.78 is 11.2. The minimum atomic E-state index is 0.213. The molecule has 4 atom stereocenters. The van der Waals surface area contributed by atoms with Crippen molar-refractivity contribution in [1.82, 2.24) is 4.90 Å². The van der Waals surface area contributed by atoms with E-state index in [0.717, 1.165) is 30.9 Å².